The molecule has 1 amide bonds. The number of hydrogen-bond acceptors (Lipinski definition) is 6. The predicted molar refractivity (Wildman–Crippen MR) is 97.9 cm³/mol. The van der Waals surface area contributed by atoms with E-state index in [1.165, 1.54) is 25.6 Å². The Hall–Kier alpha value is -2.64. The number of halogens is 1. The summed E-state index contributed by atoms with van der Waals surface area (Å²) in [4.78, 5) is 21.1. The van der Waals surface area contributed by atoms with Gasteiger partial charge in [0, 0.05) is 23.7 Å². The Balaban J connectivity index is 1.85. The number of nitrogens with zero attached hydrogens (tertiary/aromatic N) is 2. The highest BCUT2D eigenvalue weighted by Crippen LogP contribution is 2.36. The lowest BCUT2D eigenvalue weighted by Gasteiger charge is -2.12. The standard InChI is InChI=1S/C17H14ClN3O3S/c1-23-14-8-12(15(24-2)7-10(14)18)20-16(22)13-9-25-17(21-13)11-5-3-4-6-19-11/h3-9H,1-2H3,(H,20,22). The van der Waals surface area contributed by atoms with Gasteiger partial charge in [-0.15, -0.1) is 11.3 Å². The molecule has 1 N–H and O–H groups in total. The molecule has 0 unspecified atom stereocenters. The van der Waals surface area contributed by atoms with Crippen LogP contribution in [0.3, 0.4) is 0 Å². The van der Waals surface area contributed by atoms with E-state index in [1.54, 1.807) is 23.7 Å². The molecule has 6 nitrogen and oxygen atoms in total. The highest BCUT2D eigenvalue weighted by atomic mass is 35.5. The lowest BCUT2D eigenvalue weighted by atomic mass is 10.2. The van der Waals surface area contributed by atoms with E-state index in [-0.39, 0.29) is 5.91 Å². The summed E-state index contributed by atoms with van der Waals surface area (Å²) in [5.74, 6) is 0.505. The second kappa shape index (κ2) is 7.50. The minimum atomic E-state index is -0.360. The van der Waals surface area contributed by atoms with Crippen molar-refractivity contribution >= 4 is 34.5 Å². The first-order chi connectivity index (χ1) is 12.1. The summed E-state index contributed by atoms with van der Waals surface area (Å²) in [5.41, 5.74) is 1.46. The molecule has 25 heavy (non-hydrogen) atoms. The van der Waals surface area contributed by atoms with Crippen LogP contribution >= 0.6 is 22.9 Å². The number of pyridine rings is 1. The van der Waals surface area contributed by atoms with Gasteiger partial charge in [-0.05, 0) is 12.1 Å². The molecule has 3 aromatic rings. The molecule has 2 aromatic heterocycles. The van der Waals surface area contributed by atoms with Crippen molar-refractivity contribution in [1.82, 2.24) is 9.97 Å². The number of rotatable bonds is 5. The van der Waals surface area contributed by atoms with Gasteiger partial charge in [-0.25, -0.2) is 4.98 Å². The van der Waals surface area contributed by atoms with Gasteiger partial charge in [0.25, 0.3) is 5.91 Å². The fraction of sp³-hybridized carbons (Fsp3) is 0.118. The predicted octanol–water partition coefficient (Wildman–Crippen LogP) is 4.13. The van der Waals surface area contributed by atoms with Crippen molar-refractivity contribution in [1.29, 1.82) is 0 Å². The molecule has 2 heterocycles. The molecule has 8 heteroatoms. The van der Waals surface area contributed by atoms with Crippen LogP contribution in [0.15, 0.2) is 41.9 Å². The number of nitrogens with one attached hydrogen (secondary N) is 1. The summed E-state index contributed by atoms with van der Waals surface area (Å²) >= 11 is 7.42. The van der Waals surface area contributed by atoms with Crippen LogP contribution in [-0.4, -0.2) is 30.1 Å². The summed E-state index contributed by atoms with van der Waals surface area (Å²) in [5, 5.41) is 5.51. The number of carbonyl (C=O) groups is 1. The fourth-order valence-corrected chi connectivity index (χ4v) is 3.14. The van der Waals surface area contributed by atoms with Gasteiger partial charge in [0.15, 0.2) is 0 Å². The van der Waals surface area contributed by atoms with Crippen LogP contribution in [-0.2, 0) is 0 Å². The summed E-state index contributed by atoms with van der Waals surface area (Å²) < 4.78 is 10.4. The molecule has 0 aliphatic carbocycles. The van der Waals surface area contributed by atoms with Gasteiger partial charge in [0.2, 0.25) is 0 Å². The van der Waals surface area contributed by atoms with E-state index in [0.29, 0.717) is 32.9 Å². The third-order valence-electron chi connectivity index (χ3n) is 3.34. The molecule has 3 rings (SSSR count). The van der Waals surface area contributed by atoms with Crippen LogP contribution in [0.4, 0.5) is 5.69 Å². The van der Waals surface area contributed by atoms with Crippen molar-refractivity contribution in [3.8, 4) is 22.2 Å². The van der Waals surface area contributed by atoms with Crippen LogP contribution in [0.25, 0.3) is 10.7 Å². The van der Waals surface area contributed by atoms with Gasteiger partial charge >= 0.3 is 0 Å². The lowest BCUT2D eigenvalue weighted by Crippen LogP contribution is -2.13. The Labute approximate surface area is 153 Å². The van der Waals surface area contributed by atoms with E-state index in [1.807, 2.05) is 18.2 Å². The molecule has 0 saturated carbocycles. The van der Waals surface area contributed by atoms with Crippen LogP contribution in [0, 0.1) is 0 Å². The number of hydrogen-bond donors (Lipinski definition) is 1. The number of methoxy groups -OCH3 is 2. The van der Waals surface area contributed by atoms with E-state index < -0.39 is 0 Å². The molecule has 1 aromatic carbocycles. The Bertz CT molecular complexity index is 899. The molecule has 0 radical (unpaired) electrons. The maximum Gasteiger partial charge on any atom is 0.275 e. The molecule has 0 fully saturated rings. The maximum absolute atomic E-state index is 12.5. The van der Waals surface area contributed by atoms with Crippen molar-refractivity contribution in [2.75, 3.05) is 19.5 Å². The average molecular weight is 376 g/mol. The van der Waals surface area contributed by atoms with Gasteiger partial charge < -0.3 is 14.8 Å². The summed E-state index contributed by atoms with van der Waals surface area (Å²) in [6.45, 7) is 0. The smallest absolute Gasteiger partial charge is 0.275 e. The Kier molecular flexibility index (Phi) is 5.16. The van der Waals surface area contributed by atoms with Crippen LogP contribution in [0.1, 0.15) is 10.5 Å². The first kappa shape index (κ1) is 17.2. The number of aromatic nitrogens is 2. The fourth-order valence-electron chi connectivity index (χ4n) is 2.13. The molecule has 0 saturated heterocycles. The molecule has 0 spiro atoms. The zero-order chi connectivity index (χ0) is 17.8. The number of thiazole rings is 1. The average Bonchev–Trinajstić information content (AvgIpc) is 3.13. The van der Waals surface area contributed by atoms with Crippen molar-refractivity contribution in [3.63, 3.8) is 0 Å². The number of ether oxygens (including phenoxy) is 2. The maximum atomic E-state index is 12.5. The van der Waals surface area contributed by atoms with Gasteiger partial charge in [-0.3, -0.25) is 9.78 Å². The van der Waals surface area contributed by atoms with Crippen molar-refractivity contribution in [3.05, 3.63) is 52.6 Å². The number of amides is 1. The van der Waals surface area contributed by atoms with Crippen LogP contribution in [0.2, 0.25) is 5.02 Å². The number of benzene rings is 1. The van der Waals surface area contributed by atoms with E-state index in [9.17, 15) is 4.79 Å². The first-order valence-electron chi connectivity index (χ1n) is 7.22. The molecule has 0 atom stereocenters. The lowest BCUT2D eigenvalue weighted by molar-refractivity contribution is 0.102. The monoisotopic (exact) mass is 375 g/mol. The van der Waals surface area contributed by atoms with Crippen molar-refractivity contribution < 1.29 is 14.3 Å². The largest absolute Gasteiger partial charge is 0.495 e. The minimum Gasteiger partial charge on any atom is -0.495 e. The van der Waals surface area contributed by atoms with Crippen molar-refractivity contribution in [2.45, 2.75) is 0 Å². The number of carbonyl (C=O) groups excluding carboxylic acids is 1. The van der Waals surface area contributed by atoms with Crippen LogP contribution in [0.5, 0.6) is 11.5 Å². The zero-order valence-corrected chi connectivity index (χ0v) is 15.0. The van der Waals surface area contributed by atoms with E-state index in [2.05, 4.69) is 15.3 Å². The van der Waals surface area contributed by atoms with E-state index in [0.717, 1.165) is 5.69 Å². The Morgan fingerprint density at radius 2 is 2.00 bits per heavy atom. The van der Waals surface area contributed by atoms with E-state index >= 15 is 0 Å². The Morgan fingerprint density at radius 3 is 2.68 bits per heavy atom. The molecule has 128 valence electrons. The number of anilines is 1. The highest BCUT2D eigenvalue weighted by molar-refractivity contribution is 7.13. The van der Waals surface area contributed by atoms with E-state index in [4.69, 9.17) is 21.1 Å². The molecule has 0 aliphatic rings. The van der Waals surface area contributed by atoms with Gasteiger partial charge in [-0.2, -0.15) is 0 Å². The summed E-state index contributed by atoms with van der Waals surface area (Å²) in [7, 11) is 2.99. The second-order valence-corrected chi connectivity index (χ2v) is 6.16. The zero-order valence-electron chi connectivity index (χ0n) is 13.4. The van der Waals surface area contributed by atoms with Crippen LogP contribution < -0.4 is 14.8 Å². The molecular formula is C17H14ClN3O3S. The van der Waals surface area contributed by atoms with Crippen molar-refractivity contribution in [2.24, 2.45) is 0 Å². The topological polar surface area (TPSA) is 73.3 Å². The second-order valence-electron chi connectivity index (χ2n) is 4.89. The quantitative estimate of drug-likeness (QED) is 0.725. The molecule has 0 aliphatic heterocycles. The summed E-state index contributed by atoms with van der Waals surface area (Å²) in [6, 6.07) is 8.72. The molecule has 0 bridgehead atoms. The Morgan fingerprint density at radius 1 is 1.20 bits per heavy atom. The van der Waals surface area contributed by atoms with Gasteiger partial charge in [-0.1, -0.05) is 17.7 Å². The molecular weight excluding hydrogens is 362 g/mol. The normalized spacial score (nSPS) is 10.4. The minimum absolute atomic E-state index is 0.293. The highest BCUT2D eigenvalue weighted by Gasteiger charge is 2.16. The van der Waals surface area contributed by atoms with Gasteiger partial charge in [0.1, 0.15) is 22.2 Å². The SMILES string of the molecule is COc1cc(NC(=O)c2csc(-c3ccccn3)n2)c(OC)cc1Cl. The van der Waals surface area contributed by atoms with Gasteiger partial charge in [0.05, 0.1) is 30.6 Å². The third-order valence-corrected chi connectivity index (χ3v) is 4.50. The summed E-state index contributed by atoms with van der Waals surface area (Å²) in [6.07, 6.45) is 1.68. The third kappa shape index (κ3) is 3.72. The first-order valence-corrected chi connectivity index (χ1v) is 8.48.